The molecule has 0 heterocycles. The van der Waals surface area contributed by atoms with Gasteiger partial charge in [-0.1, -0.05) is 6.07 Å². The zero-order valence-corrected chi connectivity index (χ0v) is 8.24. The maximum absolute atomic E-state index is 13.2. The van der Waals surface area contributed by atoms with Crippen LogP contribution in [0.15, 0.2) is 18.2 Å². The number of phenols is 1. The zero-order valence-electron chi connectivity index (χ0n) is 8.24. The monoisotopic (exact) mass is 212 g/mol. The molecule has 4 heteroatoms. The van der Waals surface area contributed by atoms with Gasteiger partial charge in [0.25, 0.3) is 0 Å². The van der Waals surface area contributed by atoms with E-state index < -0.39 is 11.8 Å². The van der Waals surface area contributed by atoms with Crippen molar-refractivity contribution in [3.8, 4) is 5.75 Å². The Morgan fingerprint density at radius 2 is 2.07 bits per heavy atom. The lowest BCUT2D eigenvalue weighted by Crippen LogP contribution is -1.96. The number of rotatable bonds is 5. The fourth-order valence-electron chi connectivity index (χ4n) is 1.33. The minimum Gasteiger partial charge on any atom is -0.508 e. The molecular formula is C11H13FO3. The molecule has 2 N–H and O–H groups in total. The predicted molar refractivity (Wildman–Crippen MR) is 53.3 cm³/mol. The Hall–Kier alpha value is -1.58. The molecule has 0 saturated heterocycles. The number of hydrogen-bond donors (Lipinski definition) is 2. The molecule has 0 unspecified atom stereocenters. The minimum atomic E-state index is -0.832. The highest BCUT2D eigenvalue weighted by Crippen LogP contribution is 2.17. The van der Waals surface area contributed by atoms with Crippen molar-refractivity contribution in [2.24, 2.45) is 0 Å². The first-order chi connectivity index (χ1) is 7.09. The van der Waals surface area contributed by atoms with Crippen molar-refractivity contribution in [2.45, 2.75) is 25.7 Å². The number of hydrogen-bond acceptors (Lipinski definition) is 2. The molecule has 1 rings (SSSR count). The second-order valence-corrected chi connectivity index (χ2v) is 3.38. The number of carboxylic acids is 1. The van der Waals surface area contributed by atoms with Crippen LogP contribution in [-0.2, 0) is 11.2 Å². The van der Waals surface area contributed by atoms with Gasteiger partial charge in [0.1, 0.15) is 11.6 Å². The Labute approximate surface area is 87.2 Å². The highest BCUT2D eigenvalue weighted by molar-refractivity contribution is 5.66. The average molecular weight is 212 g/mol. The van der Waals surface area contributed by atoms with E-state index >= 15 is 0 Å². The van der Waals surface area contributed by atoms with Gasteiger partial charge < -0.3 is 10.2 Å². The summed E-state index contributed by atoms with van der Waals surface area (Å²) >= 11 is 0. The van der Waals surface area contributed by atoms with Gasteiger partial charge in [-0.3, -0.25) is 4.79 Å². The molecule has 0 aliphatic heterocycles. The van der Waals surface area contributed by atoms with E-state index in [1.54, 1.807) is 0 Å². The molecule has 3 nitrogen and oxygen atoms in total. The SMILES string of the molecule is O=C(O)CCCCc1ccc(O)cc1F. The molecule has 0 saturated carbocycles. The van der Waals surface area contributed by atoms with E-state index in [0.29, 0.717) is 24.8 Å². The summed E-state index contributed by atoms with van der Waals surface area (Å²) in [6.07, 6.45) is 1.78. The topological polar surface area (TPSA) is 57.5 Å². The number of halogens is 1. The van der Waals surface area contributed by atoms with Gasteiger partial charge in [0, 0.05) is 12.5 Å². The van der Waals surface area contributed by atoms with Crippen LogP contribution in [0, 0.1) is 5.82 Å². The van der Waals surface area contributed by atoms with Crippen molar-refractivity contribution in [2.75, 3.05) is 0 Å². The summed E-state index contributed by atoms with van der Waals surface area (Å²) in [6.45, 7) is 0. The largest absolute Gasteiger partial charge is 0.508 e. The molecule has 0 spiro atoms. The third-order valence-electron chi connectivity index (χ3n) is 2.12. The fraction of sp³-hybridized carbons (Fsp3) is 0.364. The van der Waals surface area contributed by atoms with Gasteiger partial charge in [-0.05, 0) is 30.9 Å². The van der Waals surface area contributed by atoms with Crippen molar-refractivity contribution in [3.05, 3.63) is 29.6 Å². The molecule has 1 aromatic carbocycles. The first-order valence-corrected chi connectivity index (χ1v) is 4.79. The van der Waals surface area contributed by atoms with E-state index in [-0.39, 0.29) is 12.2 Å². The van der Waals surface area contributed by atoms with Crippen LogP contribution >= 0.6 is 0 Å². The van der Waals surface area contributed by atoms with Crippen LogP contribution in [0.25, 0.3) is 0 Å². The maximum atomic E-state index is 13.2. The Kier molecular flexibility index (Phi) is 4.09. The lowest BCUT2D eigenvalue weighted by atomic mass is 10.1. The van der Waals surface area contributed by atoms with E-state index in [9.17, 15) is 9.18 Å². The van der Waals surface area contributed by atoms with Gasteiger partial charge in [-0.2, -0.15) is 0 Å². The van der Waals surface area contributed by atoms with Gasteiger partial charge in [-0.15, -0.1) is 0 Å². The van der Waals surface area contributed by atoms with Crippen LogP contribution in [0.3, 0.4) is 0 Å². The Balaban J connectivity index is 2.40. The molecule has 82 valence electrons. The number of aliphatic carboxylic acids is 1. The van der Waals surface area contributed by atoms with E-state index in [4.69, 9.17) is 10.2 Å². The molecule has 0 aromatic heterocycles. The smallest absolute Gasteiger partial charge is 0.303 e. The lowest BCUT2D eigenvalue weighted by molar-refractivity contribution is -0.137. The summed E-state index contributed by atoms with van der Waals surface area (Å²) in [5.74, 6) is -1.37. The molecule has 0 fully saturated rings. The number of unbranched alkanes of at least 4 members (excludes halogenated alkanes) is 1. The van der Waals surface area contributed by atoms with Crippen LogP contribution in [-0.4, -0.2) is 16.2 Å². The van der Waals surface area contributed by atoms with Gasteiger partial charge in [0.2, 0.25) is 0 Å². The summed E-state index contributed by atoms with van der Waals surface area (Å²) in [5, 5.41) is 17.4. The van der Waals surface area contributed by atoms with Crippen molar-refractivity contribution < 1.29 is 19.4 Å². The van der Waals surface area contributed by atoms with E-state index in [1.807, 2.05) is 0 Å². The second-order valence-electron chi connectivity index (χ2n) is 3.38. The Bertz CT molecular complexity index is 350. The van der Waals surface area contributed by atoms with Crippen molar-refractivity contribution in [1.29, 1.82) is 0 Å². The van der Waals surface area contributed by atoms with Crippen molar-refractivity contribution in [1.82, 2.24) is 0 Å². The van der Waals surface area contributed by atoms with Crippen LogP contribution in [0.4, 0.5) is 4.39 Å². The Morgan fingerprint density at radius 1 is 1.33 bits per heavy atom. The standard InChI is InChI=1S/C11H13FO3/c12-10-7-9(13)6-5-8(10)3-1-2-4-11(14)15/h5-7,13H,1-4H2,(H,14,15). The third-order valence-corrected chi connectivity index (χ3v) is 2.12. The van der Waals surface area contributed by atoms with Crippen LogP contribution < -0.4 is 0 Å². The molecular weight excluding hydrogens is 199 g/mol. The van der Waals surface area contributed by atoms with E-state index in [0.717, 1.165) is 6.07 Å². The molecule has 0 aliphatic rings. The number of aryl methyl sites for hydroxylation is 1. The number of carbonyl (C=O) groups is 1. The van der Waals surface area contributed by atoms with Crippen molar-refractivity contribution in [3.63, 3.8) is 0 Å². The number of carboxylic acid groups (broad SMARTS) is 1. The van der Waals surface area contributed by atoms with Crippen LogP contribution in [0.2, 0.25) is 0 Å². The molecule has 1 aromatic rings. The van der Waals surface area contributed by atoms with Crippen LogP contribution in [0.1, 0.15) is 24.8 Å². The first kappa shape index (κ1) is 11.5. The summed E-state index contributed by atoms with van der Waals surface area (Å²) in [5.41, 5.74) is 0.512. The van der Waals surface area contributed by atoms with E-state index in [2.05, 4.69) is 0 Å². The Morgan fingerprint density at radius 3 is 2.67 bits per heavy atom. The normalized spacial score (nSPS) is 10.2. The summed E-state index contributed by atoms with van der Waals surface area (Å²) < 4.78 is 13.2. The van der Waals surface area contributed by atoms with E-state index in [1.165, 1.54) is 12.1 Å². The average Bonchev–Trinajstić information content (AvgIpc) is 2.14. The highest BCUT2D eigenvalue weighted by atomic mass is 19.1. The van der Waals surface area contributed by atoms with Gasteiger partial charge in [0.15, 0.2) is 0 Å². The van der Waals surface area contributed by atoms with Crippen molar-refractivity contribution >= 4 is 5.97 Å². The van der Waals surface area contributed by atoms with Gasteiger partial charge in [-0.25, -0.2) is 4.39 Å². The van der Waals surface area contributed by atoms with Gasteiger partial charge in [0.05, 0.1) is 0 Å². The first-order valence-electron chi connectivity index (χ1n) is 4.79. The summed E-state index contributed by atoms with van der Waals surface area (Å²) in [7, 11) is 0. The second kappa shape index (κ2) is 5.34. The molecule has 15 heavy (non-hydrogen) atoms. The number of phenolic OH excluding ortho intramolecular Hbond substituents is 1. The summed E-state index contributed by atoms with van der Waals surface area (Å²) in [6, 6.07) is 4.01. The van der Waals surface area contributed by atoms with Gasteiger partial charge >= 0.3 is 5.97 Å². The molecule has 0 amide bonds. The molecule has 0 bridgehead atoms. The molecule has 0 radical (unpaired) electrons. The third kappa shape index (κ3) is 3.97. The fourth-order valence-corrected chi connectivity index (χ4v) is 1.33. The minimum absolute atomic E-state index is 0.0956. The number of benzene rings is 1. The number of aromatic hydroxyl groups is 1. The lowest BCUT2D eigenvalue weighted by Gasteiger charge is -2.02. The quantitative estimate of drug-likeness (QED) is 0.736. The predicted octanol–water partition coefficient (Wildman–Crippen LogP) is 2.33. The summed E-state index contributed by atoms with van der Waals surface area (Å²) in [4.78, 5) is 10.2. The maximum Gasteiger partial charge on any atom is 0.303 e. The van der Waals surface area contributed by atoms with Crippen LogP contribution in [0.5, 0.6) is 5.75 Å². The molecule has 0 atom stereocenters. The highest BCUT2D eigenvalue weighted by Gasteiger charge is 2.03. The molecule has 0 aliphatic carbocycles. The zero-order chi connectivity index (χ0) is 11.3.